The van der Waals surface area contributed by atoms with Gasteiger partial charge in [-0.2, -0.15) is 0 Å². The molecule has 252 valence electrons. The van der Waals surface area contributed by atoms with E-state index >= 15 is 0 Å². The Hall–Kier alpha value is -3.52. The predicted octanol–water partition coefficient (Wildman–Crippen LogP) is 5.66. The van der Waals surface area contributed by atoms with Crippen molar-refractivity contribution in [2.24, 2.45) is 0 Å². The second-order valence-electron chi connectivity index (χ2n) is 13.7. The third-order valence-corrected chi connectivity index (χ3v) is 28.5. The maximum Gasteiger partial charge on any atom is -1.00 e. The Labute approximate surface area is 325 Å². The second kappa shape index (κ2) is 16.9. The van der Waals surface area contributed by atoms with Crippen LogP contribution in [0.4, 0.5) is 0 Å². The van der Waals surface area contributed by atoms with Crippen molar-refractivity contribution in [2.45, 2.75) is 38.5 Å². The van der Waals surface area contributed by atoms with Crippen LogP contribution in [-0.2, 0) is 20.4 Å². The number of halogens is 2. The SMILES string of the molecule is CC1=CC2=C(C=CC=CC2c2ccccc2)[CH]1[Zr+2](=[SiH]C(c1ccccc1)c1ccccc1)[CH]1C(C)=CC2=C1C=CC=CC2c1ccccc1.[Cl-].[Cl-]. The van der Waals surface area contributed by atoms with Crippen LogP contribution in [0.15, 0.2) is 216 Å². The zero-order chi connectivity index (χ0) is 33.2. The molecule has 4 aliphatic carbocycles. The molecule has 0 saturated heterocycles. The summed E-state index contributed by atoms with van der Waals surface area (Å²) in [5, 5.41) is 0. The van der Waals surface area contributed by atoms with Crippen LogP contribution in [0.25, 0.3) is 0 Å². The Morgan fingerprint density at radius 2 is 0.843 bits per heavy atom. The average molecular weight is 797 g/mol. The van der Waals surface area contributed by atoms with Gasteiger partial charge in [0.25, 0.3) is 0 Å². The Kier molecular flexibility index (Phi) is 12.3. The van der Waals surface area contributed by atoms with E-state index in [0.717, 1.165) is 0 Å². The molecule has 0 saturated carbocycles. The fourth-order valence-electron chi connectivity index (χ4n) is 8.49. The monoisotopic (exact) mass is 794 g/mol. The molecule has 0 nitrogen and oxygen atoms in total. The first-order chi connectivity index (χ1) is 24.2. The van der Waals surface area contributed by atoms with E-state index in [1.807, 2.05) is 0 Å². The minimum absolute atomic E-state index is 0. The normalized spacial score (nSPS) is 21.4. The molecule has 4 aromatic carbocycles. The van der Waals surface area contributed by atoms with Gasteiger partial charge in [0.2, 0.25) is 0 Å². The van der Waals surface area contributed by atoms with Crippen molar-refractivity contribution < 1.29 is 45.2 Å². The molecule has 4 aromatic rings. The molecule has 0 radical (unpaired) electrons. The van der Waals surface area contributed by atoms with Crippen LogP contribution in [0, 0.1) is 0 Å². The molecule has 4 unspecified atom stereocenters. The van der Waals surface area contributed by atoms with E-state index < -0.39 is 20.4 Å². The fraction of sp³-hybridized carbons (Fsp3) is 0.149. The van der Waals surface area contributed by atoms with E-state index in [2.05, 4.69) is 196 Å². The van der Waals surface area contributed by atoms with Gasteiger partial charge in [-0.1, -0.05) is 0 Å². The summed E-state index contributed by atoms with van der Waals surface area (Å²) in [5.41, 5.74) is 15.6. The first-order valence-electron chi connectivity index (χ1n) is 17.6. The third kappa shape index (κ3) is 7.53. The first-order valence-corrected chi connectivity index (χ1v) is 26.0. The summed E-state index contributed by atoms with van der Waals surface area (Å²) in [5.74, 6) is 0.563. The molecule has 0 spiro atoms. The van der Waals surface area contributed by atoms with Crippen molar-refractivity contribution in [3.8, 4) is 0 Å². The molecule has 4 aliphatic rings. The van der Waals surface area contributed by atoms with Gasteiger partial charge in [0, 0.05) is 0 Å². The summed E-state index contributed by atoms with van der Waals surface area (Å²) >= 11 is -2.51. The Bertz CT molecular complexity index is 1980. The van der Waals surface area contributed by atoms with Crippen LogP contribution >= 0.6 is 0 Å². The molecule has 4 atom stereocenters. The molecular weight excluding hydrogens is 755 g/mol. The Morgan fingerprint density at radius 3 is 1.24 bits per heavy atom. The number of benzene rings is 4. The summed E-state index contributed by atoms with van der Waals surface area (Å²) in [6.45, 7) is 4.92. The molecule has 8 rings (SSSR count). The summed E-state index contributed by atoms with van der Waals surface area (Å²) in [6.07, 6.45) is 24.3. The van der Waals surface area contributed by atoms with Crippen LogP contribution in [0.1, 0.15) is 53.5 Å². The number of hydrogen-bond donors (Lipinski definition) is 0. The number of allylic oxidation sites excluding steroid dienone is 16. The maximum atomic E-state index is 2.60. The van der Waals surface area contributed by atoms with Gasteiger partial charge in [0.15, 0.2) is 0 Å². The Balaban J connectivity index is 0.00000224. The smallest absolute Gasteiger partial charge is 1.00 e. The third-order valence-electron chi connectivity index (χ3n) is 10.7. The van der Waals surface area contributed by atoms with Gasteiger partial charge < -0.3 is 24.8 Å². The molecule has 0 amide bonds. The van der Waals surface area contributed by atoms with Crippen LogP contribution in [0.2, 0.25) is 7.25 Å². The van der Waals surface area contributed by atoms with Crippen molar-refractivity contribution in [2.75, 3.05) is 0 Å². The maximum absolute atomic E-state index is 2.60. The number of rotatable bonds is 7. The van der Waals surface area contributed by atoms with E-state index in [1.165, 1.54) is 33.4 Å². The minimum Gasteiger partial charge on any atom is -1.00 e. The van der Waals surface area contributed by atoms with Gasteiger partial charge in [-0.25, -0.2) is 0 Å². The van der Waals surface area contributed by atoms with Crippen molar-refractivity contribution >= 4 is 6.16 Å². The zero-order valence-corrected chi connectivity index (χ0v) is 34.2. The average Bonchev–Trinajstić information content (AvgIpc) is 3.44. The van der Waals surface area contributed by atoms with Crippen molar-refractivity contribution in [1.82, 2.24) is 0 Å². The van der Waals surface area contributed by atoms with Crippen molar-refractivity contribution in [1.29, 1.82) is 0 Å². The molecule has 4 heteroatoms. The summed E-state index contributed by atoms with van der Waals surface area (Å²) < 4.78 is 1.06. The first kappa shape index (κ1) is 37.2. The fourth-order valence-corrected chi connectivity index (χ4v) is 30.7. The molecular formula is C47H42Cl2SiZr. The van der Waals surface area contributed by atoms with E-state index in [9.17, 15) is 0 Å². The van der Waals surface area contributed by atoms with Crippen molar-refractivity contribution in [3.63, 3.8) is 0 Å². The summed E-state index contributed by atoms with van der Waals surface area (Å²) in [4.78, 5) is 0. The minimum atomic E-state index is -2.51. The Morgan fingerprint density at radius 1 is 0.471 bits per heavy atom. The molecule has 0 aromatic heterocycles. The summed E-state index contributed by atoms with van der Waals surface area (Å²) in [6, 6.07) is 45.1. The van der Waals surface area contributed by atoms with Gasteiger partial charge in [-0.05, 0) is 0 Å². The van der Waals surface area contributed by atoms with Crippen LogP contribution in [0.5, 0.6) is 0 Å². The van der Waals surface area contributed by atoms with E-state index in [4.69, 9.17) is 0 Å². The predicted molar refractivity (Wildman–Crippen MR) is 206 cm³/mol. The molecule has 0 fully saturated rings. The second-order valence-corrected chi connectivity index (χ2v) is 26.4. The van der Waals surface area contributed by atoms with Crippen LogP contribution < -0.4 is 24.8 Å². The summed E-state index contributed by atoms with van der Waals surface area (Å²) in [7, 11) is 0. The number of hydrogen-bond acceptors (Lipinski definition) is 0. The van der Waals surface area contributed by atoms with Gasteiger partial charge in [-0.15, -0.1) is 0 Å². The standard InChI is InChI=1S/2C17H15.C13H12Si.2ClH.Zr/c2*1-13-11-15-9-5-6-10-16(17(15)12-13)14-7-3-2-4-8-14;14-13(11-7-3-1-4-8-11)12-9-5-2-6-10-12;;;/h2*2-12,16H,1H3;1-10,13-14H;2*1H;/q;;;;;+2/p-2. The molecule has 0 N–H and O–H groups in total. The topological polar surface area (TPSA) is 0 Å². The largest absolute Gasteiger partial charge is 1.00 e. The van der Waals surface area contributed by atoms with Gasteiger partial charge in [0.1, 0.15) is 0 Å². The molecule has 0 aliphatic heterocycles. The van der Waals surface area contributed by atoms with Gasteiger partial charge >= 0.3 is 303 Å². The molecule has 0 heterocycles. The van der Waals surface area contributed by atoms with Crippen molar-refractivity contribution in [3.05, 3.63) is 238 Å². The van der Waals surface area contributed by atoms with Gasteiger partial charge in [0.05, 0.1) is 0 Å². The quantitative estimate of drug-likeness (QED) is 0.212. The molecule has 0 bridgehead atoms. The zero-order valence-electron chi connectivity index (χ0n) is 29.0. The van der Waals surface area contributed by atoms with E-state index in [-0.39, 0.29) is 42.8 Å². The van der Waals surface area contributed by atoms with E-state index in [1.54, 1.807) is 22.3 Å². The van der Waals surface area contributed by atoms with Crippen LogP contribution in [0.3, 0.4) is 0 Å². The van der Waals surface area contributed by atoms with Gasteiger partial charge in [-0.3, -0.25) is 0 Å². The molecule has 51 heavy (non-hydrogen) atoms. The van der Waals surface area contributed by atoms with E-state index in [0.29, 0.717) is 12.8 Å². The van der Waals surface area contributed by atoms with Crippen LogP contribution in [-0.4, -0.2) is 6.16 Å².